The summed E-state index contributed by atoms with van der Waals surface area (Å²) in [6.45, 7) is 5.99. The molecule has 19 heavy (non-hydrogen) atoms. The van der Waals surface area contributed by atoms with Crippen molar-refractivity contribution < 1.29 is 19.4 Å². The maximum absolute atomic E-state index is 11.7. The zero-order chi connectivity index (χ0) is 14.0. The number of carbonyl (C=O) groups excluding carboxylic acids is 1. The van der Waals surface area contributed by atoms with Crippen LogP contribution in [0.4, 0.5) is 10.5 Å². The molecular formula is C14H19NO4. The van der Waals surface area contributed by atoms with E-state index in [2.05, 4.69) is 5.32 Å². The van der Waals surface area contributed by atoms with E-state index in [0.29, 0.717) is 18.0 Å². The van der Waals surface area contributed by atoms with Gasteiger partial charge in [-0.3, -0.25) is 5.32 Å². The molecule has 2 N–H and O–H groups in total. The first kappa shape index (κ1) is 13.5. The fraction of sp³-hybridized carbons (Fsp3) is 0.500. The molecule has 0 bridgehead atoms. The number of rotatable bonds is 1. The topological polar surface area (TPSA) is 67.8 Å². The number of carbonyl (C=O) groups is 1. The molecule has 0 spiro atoms. The first-order chi connectivity index (χ1) is 8.87. The molecule has 0 unspecified atom stereocenters. The molecule has 0 saturated carbocycles. The summed E-state index contributed by atoms with van der Waals surface area (Å²) in [6, 6.07) is 3.17. The average Bonchev–Trinajstić information content (AvgIpc) is 2.31. The molecule has 104 valence electrons. The molecule has 1 amide bonds. The summed E-state index contributed by atoms with van der Waals surface area (Å²) in [6.07, 6.45) is 1.07. The lowest BCUT2D eigenvalue weighted by Gasteiger charge is -2.23. The van der Waals surface area contributed by atoms with Crippen LogP contribution in [-0.2, 0) is 11.2 Å². The van der Waals surface area contributed by atoms with Crippen molar-refractivity contribution in [3.63, 3.8) is 0 Å². The van der Waals surface area contributed by atoms with Crippen LogP contribution in [0.5, 0.6) is 11.5 Å². The van der Waals surface area contributed by atoms with E-state index in [-0.39, 0.29) is 5.75 Å². The van der Waals surface area contributed by atoms with Gasteiger partial charge in [-0.25, -0.2) is 4.79 Å². The van der Waals surface area contributed by atoms with Gasteiger partial charge in [-0.2, -0.15) is 0 Å². The zero-order valence-electron chi connectivity index (χ0n) is 11.4. The third kappa shape index (κ3) is 3.30. The molecule has 0 fully saturated rings. The van der Waals surface area contributed by atoms with Crippen LogP contribution in [0.1, 0.15) is 32.8 Å². The highest BCUT2D eigenvalue weighted by Gasteiger charge is 2.22. The van der Waals surface area contributed by atoms with Crippen molar-refractivity contribution >= 4 is 11.8 Å². The standard InChI is InChI=1S/C14H19NO4/c1-14(2,3)19-13(17)15-10-6-7-11(16)9-5-4-8-18-12(9)10/h6-7,16H,4-5,8H2,1-3H3,(H,15,17). The van der Waals surface area contributed by atoms with Crippen molar-refractivity contribution in [3.8, 4) is 11.5 Å². The van der Waals surface area contributed by atoms with Gasteiger partial charge in [0.05, 0.1) is 12.3 Å². The van der Waals surface area contributed by atoms with Crippen LogP contribution in [0.2, 0.25) is 0 Å². The van der Waals surface area contributed by atoms with Gasteiger partial charge >= 0.3 is 6.09 Å². The van der Waals surface area contributed by atoms with Crippen LogP contribution < -0.4 is 10.1 Å². The number of nitrogens with one attached hydrogen (secondary N) is 1. The number of fused-ring (bicyclic) bond motifs is 1. The number of phenols is 1. The van der Waals surface area contributed by atoms with Crippen LogP contribution in [0, 0.1) is 0 Å². The highest BCUT2D eigenvalue weighted by Crippen LogP contribution is 2.38. The minimum absolute atomic E-state index is 0.199. The van der Waals surface area contributed by atoms with Gasteiger partial charge in [0.2, 0.25) is 0 Å². The van der Waals surface area contributed by atoms with Crippen molar-refractivity contribution in [3.05, 3.63) is 17.7 Å². The Labute approximate surface area is 112 Å². The number of amides is 1. The lowest BCUT2D eigenvalue weighted by molar-refractivity contribution is 0.0635. The Morgan fingerprint density at radius 3 is 2.84 bits per heavy atom. The van der Waals surface area contributed by atoms with Crippen molar-refractivity contribution in [1.29, 1.82) is 0 Å². The summed E-state index contributed by atoms with van der Waals surface area (Å²) >= 11 is 0. The van der Waals surface area contributed by atoms with Gasteiger partial charge in [-0.1, -0.05) is 0 Å². The van der Waals surface area contributed by atoms with E-state index >= 15 is 0 Å². The van der Waals surface area contributed by atoms with E-state index in [1.165, 1.54) is 0 Å². The third-order valence-electron chi connectivity index (χ3n) is 2.69. The van der Waals surface area contributed by atoms with E-state index in [0.717, 1.165) is 18.4 Å². The summed E-state index contributed by atoms with van der Waals surface area (Å²) in [4.78, 5) is 11.7. The van der Waals surface area contributed by atoms with E-state index in [4.69, 9.17) is 9.47 Å². The molecule has 0 atom stereocenters. The van der Waals surface area contributed by atoms with Crippen LogP contribution in [-0.4, -0.2) is 23.4 Å². The van der Waals surface area contributed by atoms with Crippen LogP contribution in [0.3, 0.4) is 0 Å². The highest BCUT2D eigenvalue weighted by molar-refractivity contribution is 5.88. The molecule has 0 aromatic heterocycles. The number of ether oxygens (including phenoxy) is 2. The Kier molecular flexibility index (Phi) is 3.55. The van der Waals surface area contributed by atoms with Gasteiger partial charge in [-0.05, 0) is 45.7 Å². The van der Waals surface area contributed by atoms with Crippen LogP contribution in [0.15, 0.2) is 12.1 Å². The van der Waals surface area contributed by atoms with Crippen molar-refractivity contribution in [2.45, 2.75) is 39.2 Å². The lowest BCUT2D eigenvalue weighted by Crippen LogP contribution is -2.27. The first-order valence-electron chi connectivity index (χ1n) is 6.34. The van der Waals surface area contributed by atoms with E-state index in [9.17, 15) is 9.90 Å². The number of phenolic OH excluding ortho intramolecular Hbond substituents is 1. The molecule has 0 aliphatic carbocycles. The summed E-state index contributed by atoms with van der Waals surface area (Å²) < 4.78 is 10.7. The van der Waals surface area contributed by atoms with E-state index in [1.54, 1.807) is 32.9 Å². The number of hydrogen-bond acceptors (Lipinski definition) is 4. The summed E-state index contributed by atoms with van der Waals surface area (Å²) in [5.41, 5.74) is 0.712. The normalized spacial score (nSPS) is 14.3. The number of hydrogen-bond donors (Lipinski definition) is 2. The van der Waals surface area contributed by atoms with Gasteiger partial charge in [0.15, 0.2) is 0 Å². The number of aromatic hydroxyl groups is 1. The maximum atomic E-state index is 11.7. The summed E-state index contributed by atoms with van der Waals surface area (Å²) in [7, 11) is 0. The highest BCUT2D eigenvalue weighted by atomic mass is 16.6. The monoisotopic (exact) mass is 265 g/mol. The van der Waals surface area contributed by atoms with Gasteiger partial charge in [0.25, 0.3) is 0 Å². The van der Waals surface area contributed by atoms with Crippen molar-refractivity contribution in [1.82, 2.24) is 0 Å². The molecule has 5 nitrogen and oxygen atoms in total. The molecule has 1 aliphatic heterocycles. The number of anilines is 1. The first-order valence-corrected chi connectivity index (χ1v) is 6.34. The van der Waals surface area contributed by atoms with Gasteiger partial charge < -0.3 is 14.6 Å². The Balaban J connectivity index is 2.19. The molecule has 1 heterocycles. The average molecular weight is 265 g/mol. The van der Waals surface area contributed by atoms with E-state index in [1.807, 2.05) is 0 Å². The lowest BCUT2D eigenvalue weighted by atomic mass is 10.0. The zero-order valence-corrected chi connectivity index (χ0v) is 11.4. The molecular weight excluding hydrogens is 246 g/mol. The smallest absolute Gasteiger partial charge is 0.412 e. The quantitative estimate of drug-likeness (QED) is 0.766. The second kappa shape index (κ2) is 4.99. The SMILES string of the molecule is CC(C)(C)OC(=O)Nc1ccc(O)c2c1OCCC2. The van der Waals surface area contributed by atoms with Gasteiger partial charge in [0.1, 0.15) is 17.1 Å². The third-order valence-corrected chi connectivity index (χ3v) is 2.69. The minimum atomic E-state index is -0.554. The molecule has 1 aromatic rings. The fourth-order valence-electron chi connectivity index (χ4n) is 1.96. The Morgan fingerprint density at radius 2 is 2.16 bits per heavy atom. The number of benzene rings is 1. The Bertz CT molecular complexity index is 491. The van der Waals surface area contributed by atoms with Gasteiger partial charge in [-0.15, -0.1) is 0 Å². The maximum Gasteiger partial charge on any atom is 0.412 e. The van der Waals surface area contributed by atoms with Crippen molar-refractivity contribution in [2.75, 3.05) is 11.9 Å². The van der Waals surface area contributed by atoms with Crippen LogP contribution >= 0.6 is 0 Å². The van der Waals surface area contributed by atoms with Gasteiger partial charge in [0, 0.05) is 5.56 Å². The summed E-state index contributed by atoms with van der Waals surface area (Å²) in [5, 5.41) is 12.4. The minimum Gasteiger partial charge on any atom is -0.508 e. The molecule has 0 radical (unpaired) electrons. The Hall–Kier alpha value is -1.91. The van der Waals surface area contributed by atoms with E-state index < -0.39 is 11.7 Å². The van der Waals surface area contributed by atoms with Crippen LogP contribution in [0.25, 0.3) is 0 Å². The second-order valence-corrected chi connectivity index (χ2v) is 5.52. The molecule has 1 aliphatic rings. The molecule has 0 saturated heterocycles. The Morgan fingerprint density at radius 1 is 1.42 bits per heavy atom. The second-order valence-electron chi connectivity index (χ2n) is 5.52. The fourth-order valence-corrected chi connectivity index (χ4v) is 1.96. The molecule has 1 aromatic carbocycles. The predicted octanol–water partition coefficient (Wildman–Crippen LogP) is 3.06. The molecule has 5 heteroatoms. The largest absolute Gasteiger partial charge is 0.508 e. The summed E-state index contributed by atoms with van der Waals surface area (Å²) in [5.74, 6) is 0.738. The molecule has 2 rings (SSSR count). The van der Waals surface area contributed by atoms with Crippen molar-refractivity contribution in [2.24, 2.45) is 0 Å². The predicted molar refractivity (Wildman–Crippen MR) is 71.8 cm³/mol.